The standard InChI is InChI=1S/C24H19F4N7O/c25-20-7-14(16-9-30-23(31-10-16)33-18-12-32-35(13-18)19-4-5-19)1-2-15(20)8-22(36)34-21-6-3-17(11-29-21)24(26,27)28/h1-3,6-7,9-13,19H,4-5,8H2,(H,29,34,36)(H,30,31,33). The van der Waals surface area contributed by atoms with Crippen molar-refractivity contribution in [2.45, 2.75) is 31.5 Å². The molecule has 0 radical (unpaired) electrons. The molecule has 184 valence electrons. The van der Waals surface area contributed by atoms with E-state index in [2.05, 4.69) is 30.7 Å². The van der Waals surface area contributed by atoms with Crippen LogP contribution >= 0.6 is 0 Å². The first-order valence-electron chi connectivity index (χ1n) is 11.0. The van der Waals surface area contributed by atoms with Gasteiger partial charge in [0, 0.05) is 30.4 Å². The Balaban J connectivity index is 1.20. The van der Waals surface area contributed by atoms with Crippen LogP contribution in [0.15, 0.2) is 61.3 Å². The Morgan fingerprint density at radius 2 is 1.78 bits per heavy atom. The van der Waals surface area contributed by atoms with Gasteiger partial charge in [-0.2, -0.15) is 18.3 Å². The van der Waals surface area contributed by atoms with Crippen molar-refractivity contribution in [3.8, 4) is 11.1 Å². The Morgan fingerprint density at radius 1 is 1.00 bits per heavy atom. The number of amides is 1. The second kappa shape index (κ2) is 9.36. The first-order valence-corrected chi connectivity index (χ1v) is 11.0. The van der Waals surface area contributed by atoms with E-state index in [0.29, 0.717) is 29.3 Å². The highest BCUT2D eigenvalue weighted by molar-refractivity contribution is 5.91. The van der Waals surface area contributed by atoms with Crippen molar-refractivity contribution in [2.24, 2.45) is 0 Å². The molecular formula is C24H19F4N7O. The minimum absolute atomic E-state index is 0.0595. The van der Waals surface area contributed by atoms with Gasteiger partial charge in [-0.15, -0.1) is 0 Å². The summed E-state index contributed by atoms with van der Waals surface area (Å²) >= 11 is 0. The molecule has 5 rings (SSSR count). The molecule has 0 aliphatic heterocycles. The molecule has 0 saturated heterocycles. The summed E-state index contributed by atoms with van der Waals surface area (Å²) in [5.74, 6) is -0.911. The van der Waals surface area contributed by atoms with Crippen molar-refractivity contribution in [3.05, 3.63) is 78.3 Å². The topological polar surface area (TPSA) is 97.6 Å². The Bertz CT molecular complexity index is 1380. The number of carbonyl (C=O) groups excluding carboxylic acids is 1. The van der Waals surface area contributed by atoms with E-state index in [0.717, 1.165) is 30.7 Å². The van der Waals surface area contributed by atoms with Crippen molar-refractivity contribution in [2.75, 3.05) is 10.6 Å². The van der Waals surface area contributed by atoms with Gasteiger partial charge in [-0.05, 0) is 42.2 Å². The van der Waals surface area contributed by atoms with Crippen LogP contribution in [-0.2, 0) is 17.4 Å². The van der Waals surface area contributed by atoms with Crippen molar-refractivity contribution in [1.29, 1.82) is 0 Å². The van der Waals surface area contributed by atoms with Crippen LogP contribution in [0, 0.1) is 5.82 Å². The van der Waals surface area contributed by atoms with Crippen molar-refractivity contribution < 1.29 is 22.4 Å². The second-order valence-corrected chi connectivity index (χ2v) is 8.32. The molecule has 0 bridgehead atoms. The van der Waals surface area contributed by atoms with Crippen LogP contribution < -0.4 is 10.6 Å². The Morgan fingerprint density at radius 3 is 2.42 bits per heavy atom. The number of alkyl halides is 3. The van der Waals surface area contributed by atoms with E-state index in [4.69, 9.17) is 0 Å². The lowest BCUT2D eigenvalue weighted by molar-refractivity contribution is -0.137. The molecule has 1 saturated carbocycles. The fraction of sp³-hybridized carbons (Fsp3) is 0.208. The van der Waals surface area contributed by atoms with E-state index in [9.17, 15) is 22.4 Å². The minimum atomic E-state index is -4.53. The van der Waals surface area contributed by atoms with E-state index in [1.54, 1.807) is 24.7 Å². The molecule has 1 aliphatic rings. The molecular weight excluding hydrogens is 478 g/mol. The largest absolute Gasteiger partial charge is 0.417 e. The Hall–Kier alpha value is -4.35. The number of rotatable bonds is 7. The van der Waals surface area contributed by atoms with Gasteiger partial charge >= 0.3 is 6.18 Å². The van der Waals surface area contributed by atoms with Gasteiger partial charge in [-0.3, -0.25) is 9.48 Å². The summed E-state index contributed by atoms with van der Waals surface area (Å²) in [6.07, 6.45) is 4.74. The predicted octanol–water partition coefficient (Wildman–Crippen LogP) is 5.15. The van der Waals surface area contributed by atoms with Gasteiger partial charge in [0.2, 0.25) is 11.9 Å². The lowest BCUT2D eigenvalue weighted by Gasteiger charge is -2.09. The van der Waals surface area contributed by atoms with Crippen LogP contribution in [-0.4, -0.2) is 30.6 Å². The number of hydrogen-bond acceptors (Lipinski definition) is 6. The number of carbonyl (C=O) groups is 1. The highest BCUT2D eigenvalue weighted by atomic mass is 19.4. The molecule has 1 aromatic carbocycles. The second-order valence-electron chi connectivity index (χ2n) is 8.32. The molecule has 1 fully saturated rings. The van der Waals surface area contributed by atoms with Gasteiger partial charge < -0.3 is 10.6 Å². The fourth-order valence-electron chi connectivity index (χ4n) is 3.48. The van der Waals surface area contributed by atoms with Gasteiger partial charge in [0.25, 0.3) is 0 Å². The van der Waals surface area contributed by atoms with Crippen molar-refractivity contribution in [3.63, 3.8) is 0 Å². The molecule has 3 aromatic heterocycles. The molecule has 0 unspecified atom stereocenters. The molecule has 1 amide bonds. The highest BCUT2D eigenvalue weighted by Gasteiger charge is 2.30. The third-order valence-electron chi connectivity index (χ3n) is 5.53. The zero-order chi connectivity index (χ0) is 25.3. The number of aromatic nitrogens is 5. The van der Waals surface area contributed by atoms with E-state index in [-0.39, 0.29) is 17.8 Å². The highest BCUT2D eigenvalue weighted by Crippen LogP contribution is 2.34. The van der Waals surface area contributed by atoms with E-state index in [1.807, 2.05) is 10.9 Å². The molecule has 4 aromatic rings. The molecule has 12 heteroatoms. The molecule has 0 spiro atoms. The molecule has 8 nitrogen and oxygen atoms in total. The number of benzene rings is 1. The molecule has 1 aliphatic carbocycles. The first kappa shape index (κ1) is 23.4. The van der Waals surface area contributed by atoms with Gasteiger partial charge in [-0.1, -0.05) is 12.1 Å². The van der Waals surface area contributed by atoms with Crippen LogP contribution in [0.2, 0.25) is 0 Å². The average Bonchev–Trinajstić information content (AvgIpc) is 3.59. The predicted molar refractivity (Wildman–Crippen MR) is 123 cm³/mol. The quantitative estimate of drug-likeness (QED) is 0.343. The maximum absolute atomic E-state index is 14.7. The normalized spacial score (nSPS) is 13.4. The summed E-state index contributed by atoms with van der Waals surface area (Å²) in [5, 5.41) is 9.73. The molecule has 2 N–H and O–H groups in total. The monoisotopic (exact) mass is 497 g/mol. The zero-order valence-electron chi connectivity index (χ0n) is 18.6. The number of nitrogens with one attached hydrogen (secondary N) is 2. The third-order valence-corrected chi connectivity index (χ3v) is 5.53. The maximum atomic E-state index is 14.7. The molecule has 3 heterocycles. The van der Waals surface area contributed by atoms with Crippen LogP contribution in [0.4, 0.5) is 35.0 Å². The summed E-state index contributed by atoms with van der Waals surface area (Å²) in [4.78, 5) is 24.3. The van der Waals surface area contributed by atoms with E-state index in [1.165, 1.54) is 12.1 Å². The summed E-state index contributed by atoms with van der Waals surface area (Å²) < 4.78 is 54.4. The minimum Gasteiger partial charge on any atom is -0.321 e. The summed E-state index contributed by atoms with van der Waals surface area (Å²) in [6.45, 7) is 0. The molecule has 36 heavy (non-hydrogen) atoms. The lowest BCUT2D eigenvalue weighted by atomic mass is 10.0. The SMILES string of the molecule is O=C(Cc1ccc(-c2cnc(Nc3cnn(C4CC4)c3)nc2)cc1F)Nc1ccc(C(F)(F)F)cn1. The van der Waals surface area contributed by atoms with E-state index < -0.39 is 23.5 Å². The number of anilines is 3. The van der Waals surface area contributed by atoms with Crippen LogP contribution in [0.5, 0.6) is 0 Å². The molecule has 0 atom stereocenters. The van der Waals surface area contributed by atoms with Gasteiger partial charge in [0.1, 0.15) is 11.6 Å². The van der Waals surface area contributed by atoms with Gasteiger partial charge in [0.05, 0.1) is 29.9 Å². The van der Waals surface area contributed by atoms with Crippen LogP contribution in [0.1, 0.15) is 30.0 Å². The zero-order valence-corrected chi connectivity index (χ0v) is 18.6. The summed E-state index contributed by atoms with van der Waals surface area (Å²) in [7, 11) is 0. The number of hydrogen-bond donors (Lipinski definition) is 2. The summed E-state index contributed by atoms with van der Waals surface area (Å²) in [5.41, 5.74) is 1.07. The third kappa shape index (κ3) is 5.48. The Kier molecular flexibility index (Phi) is 6.08. The number of halogens is 4. The maximum Gasteiger partial charge on any atom is 0.417 e. The average molecular weight is 497 g/mol. The van der Waals surface area contributed by atoms with Gasteiger partial charge in [-0.25, -0.2) is 19.3 Å². The lowest BCUT2D eigenvalue weighted by Crippen LogP contribution is -2.16. The summed E-state index contributed by atoms with van der Waals surface area (Å²) in [6, 6.07) is 6.68. The number of nitrogens with zero attached hydrogens (tertiary/aromatic N) is 5. The van der Waals surface area contributed by atoms with Crippen molar-refractivity contribution in [1.82, 2.24) is 24.7 Å². The smallest absolute Gasteiger partial charge is 0.321 e. The van der Waals surface area contributed by atoms with Crippen LogP contribution in [0.3, 0.4) is 0 Å². The van der Waals surface area contributed by atoms with Gasteiger partial charge in [0.15, 0.2) is 0 Å². The number of pyridine rings is 1. The van der Waals surface area contributed by atoms with Crippen molar-refractivity contribution >= 4 is 23.4 Å². The fourth-order valence-corrected chi connectivity index (χ4v) is 3.48. The van der Waals surface area contributed by atoms with E-state index >= 15 is 0 Å². The Labute approximate surface area is 202 Å². The first-order chi connectivity index (χ1) is 17.2. The van der Waals surface area contributed by atoms with Crippen LogP contribution in [0.25, 0.3) is 11.1 Å².